The van der Waals surface area contributed by atoms with Crippen LogP contribution in [-0.2, 0) is 6.54 Å². The molecule has 1 unspecified atom stereocenters. The van der Waals surface area contributed by atoms with E-state index in [0.717, 1.165) is 38.3 Å². The molecule has 1 atom stereocenters. The number of benzene rings is 1. The number of halogens is 2. The average Bonchev–Trinajstić information content (AvgIpc) is 2.44. The minimum absolute atomic E-state index is 0.209. The summed E-state index contributed by atoms with van der Waals surface area (Å²) in [5, 5.41) is 3.75. The van der Waals surface area contributed by atoms with Crippen molar-refractivity contribution < 1.29 is 4.39 Å². The van der Waals surface area contributed by atoms with Crippen LogP contribution in [0.4, 0.5) is 4.39 Å². The molecular formula is C16H22ClFN2. The van der Waals surface area contributed by atoms with Crippen molar-refractivity contribution in [3.05, 3.63) is 34.6 Å². The molecule has 0 amide bonds. The van der Waals surface area contributed by atoms with Gasteiger partial charge in [0.2, 0.25) is 0 Å². The first-order valence-corrected chi connectivity index (χ1v) is 7.92. The fourth-order valence-corrected chi connectivity index (χ4v) is 3.84. The fraction of sp³-hybridized carbons (Fsp3) is 0.625. The Hall–Kier alpha value is -0.640. The Balaban J connectivity index is 1.66. The van der Waals surface area contributed by atoms with Gasteiger partial charge in [0.05, 0.1) is 5.02 Å². The molecule has 3 rings (SSSR count). The molecule has 2 aliphatic rings. The van der Waals surface area contributed by atoms with Gasteiger partial charge < -0.3 is 5.32 Å². The molecule has 2 heterocycles. The van der Waals surface area contributed by atoms with Crippen molar-refractivity contribution in [2.24, 2.45) is 5.41 Å². The molecule has 2 fully saturated rings. The number of rotatable bonds is 2. The van der Waals surface area contributed by atoms with E-state index in [0.29, 0.717) is 5.41 Å². The smallest absolute Gasteiger partial charge is 0.142 e. The van der Waals surface area contributed by atoms with Gasteiger partial charge in [-0.25, -0.2) is 4.39 Å². The molecule has 0 bridgehead atoms. The zero-order valence-corrected chi connectivity index (χ0v) is 12.6. The van der Waals surface area contributed by atoms with E-state index in [1.807, 2.05) is 6.07 Å². The molecule has 2 aliphatic heterocycles. The molecule has 1 N–H and O–H groups in total. The predicted octanol–water partition coefficient (Wildman–Crippen LogP) is 3.44. The molecule has 20 heavy (non-hydrogen) atoms. The van der Waals surface area contributed by atoms with E-state index in [2.05, 4.69) is 10.2 Å². The van der Waals surface area contributed by atoms with E-state index >= 15 is 0 Å². The summed E-state index contributed by atoms with van der Waals surface area (Å²) in [7, 11) is 0. The Morgan fingerprint density at radius 3 is 2.90 bits per heavy atom. The fourth-order valence-electron chi connectivity index (χ4n) is 3.72. The highest BCUT2D eigenvalue weighted by atomic mass is 35.5. The van der Waals surface area contributed by atoms with Crippen molar-refractivity contribution in [1.29, 1.82) is 0 Å². The first-order chi connectivity index (χ1) is 9.67. The van der Waals surface area contributed by atoms with E-state index in [9.17, 15) is 4.39 Å². The summed E-state index contributed by atoms with van der Waals surface area (Å²) in [5.74, 6) is -0.310. The number of nitrogens with one attached hydrogen (secondary N) is 1. The van der Waals surface area contributed by atoms with Crippen LogP contribution in [0.3, 0.4) is 0 Å². The molecule has 0 saturated carbocycles. The lowest BCUT2D eigenvalue weighted by atomic mass is 9.74. The Labute approximate surface area is 125 Å². The van der Waals surface area contributed by atoms with E-state index in [4.69, 9.17) is 11.6 Å². The minimum Gasteiger partial charge on any atom is -0.316 e. The lowest BCUT2D eigenvalue weighted by Crippen LogP contribution is -2.50. The van der Waals surface area contributed by atoms with E-state index in [-0.39, 0.29) is 10.8 Å². The van der Waals surface area contributed by atoms with E-state index < -0.39 is 0 Å². The van der Waals surface area contributed by atoms with Crippen molar-refractivity contribution in [2.75, 3.05) is 26.2 Å². The van der Waals surface area contributed by atoms with Gasteiger partial charge in [-0.1, -0.05) is 17.7 Å². The Kier molecular flexibility index (Phi) is 4.29. The Morgan fingerprint density at radius 1 is 1.30 bits per heavy atom. The molecule has 0 aliphatic carbocycles. The highest BCUT2D eigenvalue weighted by Crippen LogP contribution is 2.36. The second kappa shape index (κ2) is 6.00. The van der Waals surface area contributed by atoms with Crippen molar-refractivity contribution >= 4 is 11.6 Å². The summed E-state index contributed by atoms with van der Waals surface area (Å²) in [6.45, 7) is 5.37. The van der Waals surface area contributed by atoms with Crippen LogP contribution in [0.2, 0.25) is 5.02 Å². The van der Waals surface area contributed by atoms with Gasteiger partial charge in [-0.2, -0.15) is 0 Å². The van der Waals surface area contributed by atoms with Crippen LogP contribution >= 0.6 is 11.6 Å². The third-order valence-electron chi connectivity index (χ3n) is 4.69. The number of hydrogen-bond acceptors (Lipinski definition) is 2. The Bertz CT molecular complexity index is 466. The predicted molar refractivity (Wildman–Crippen MR) is 80.5 cm³/mol. The van der Waals surface area contributed by atoms with Crippen LogP contribution in [0.15, 0.2) is 18.2 Å². The zero-order valence-electron chi connectivity index (χ0n) is 11.8. The molecule has 0 radical (unpaired) electrons. The monoisotopic (exact) mass is 296 g/mol. The minimum atomic E-state index is -0.310. The van der Waals surface area contributed by atoms with E-state index in [1.54, 1.807) is 12.1 Å². The summed E-state index contributed by atoms with van der Waals surface area (Å²) < 4.78 is 13.5. The molecule has 1 aromatic carbocycles. The lowest BCUT2D eigenvalue weighted by molar-refractivity contribution is 0.0600. The zero-order chi connectivity index (χ0) is 14.0. The molecule has 2 saturated heterocycles. The molecule has 0 aromatic heterocycles. The summed E-state index contributed by atoms with van der Waals surface area (Å²) >= 11 is 5.74. The van der Waals surface area contributed by atoms with E-state index in [1.165, 1.54) is 25.7 Å². The largest absolute Gasteiger partial charge is 0.316 e. The maximum absolute atomic E-state index is 13.5. The van der Waals surface area contributed by atoms with Gasteiger partial charge in [-0.3, -0.25) is 4.90 Å². The van der Waals surface area contributed by atoms with Crippen LogP contribution in [0, 0.1) is 11.2 Å². The van der Waals surface area contributed by atoms with Crippen LogP contribution in [0.1, 0.15) is 31.2 Å². The van der Waals surface area contributed by atoms with Gasteiger partial charge in [-0.05, 0) is 61.9 Å². The number of piperidine rings is 2. The highest BCUT2D eigenvalue weighted by Gasteiger charge is 2.36. The topological polar surface area (TPSA) is 15.3 Å². The summed E-state index contributed by atoms with van der Waals surface area (Å²) in [5.41, 5.74) is 1.47. The van der Waals surface area contributed by atoms with Gasteiger partial charge in [-0.15, -0.1) is 0 Å². The number of nitrogens with zero attached hydrogens (tertiary/aromatic N) is 1. The normalized spacial score (nSPS) is 27.9. The lowest BCUT2D eigenvalue weighted by Gasteiger charge is -2.45. The van der Waals surface area contributed by atoms with Crippen LogP contribution < -0.4 is 5.32 Å². The second-order valence-corrected chi connectivity index (χ2v) is 6.75. The molecule has 2 nitrogen and oxygen atoms in total. The standard InChI is InChI=1S/C16H22ClFN2/c17-14-4-3-13(9-15(14)18)10-20-8-2-6-16(12-20)5-1-7-19-11-16/h3-4,9,19H,1-2,5-8,10-12H2. The second-order valence-electron chi connectivity index (χ2n) is 6.34. The third kappa shape index (κ3) is 3.16. The van der Waals surface area contributed by atoms with Crippen molar-refractivity contribution in [2.45, 2.75) is 32.2 Å². The summed E-state index contributed by atoms with van der Waals surface area (Å²) in [6.07, 6.45) is 5.18. The third-order valence-corrected chi connectivity index (χ3v) is 5.00. The first kappa shape index (κ1) is 14.3. The molecule has 1 aromatic rings. The van der Waals surface area contributed by atoms with Gasteiger partial charge in [0, 0.05) is 19.6 Å². The van der Waals surface area contributed by atoms with Crippen LogP contribution in [-0.4, -0.2) is 31.1 Å². The summed E-state index contributed by atoms with van der Waals surface area (Å²) in [6, 6.07) is 5.17. The molecule has 110 valence electrons. The van der Waals surface area contributed by atoms with Gasteiger partial charge in [0.15, 0.2) is 0 Å². The van der Waals surface area contributed by atoms with Gasteiger partial charge >= 0.3 is 0 Å². The number of hydrogen-bond donors (Lipinski definition) is 1. The number of likely N-dealkylation sites (tertiary alicyclic amines) is 1. The maximum atomic E-state index is 13.5. The van der Waals surface area contributed by atoms with Crippen molar-refractivity contribution in [1.82, 2.24) is 10.2 Å². The molecule has 1 spiro atoms. The molecule has 4 heteroatoms. The maximum Gasteiger partial charge on any atom is 0.142 e. The molecular weight excluding hydrogens is 275 g/mol. The highest BCUT2D eigenvalue weighted by molar-refractivity contribution is 6.30. The van der Waals surface area contributed by atoms with Gasteiger partial charge in [0.1, 0.15) is 5.82 Å². The first-order valence-electron chi connectivity index (χ1n) is 7.54. The average molecular weight is 297 g/mol. The quantitative estimate of drug-likeness (QED) is 0.899. The Morgan fingerprint density at radius 2 is 2.15 bits per heavy atom. The van der Waals surface area contributed by atoms with Crippen molar-refractivity contribution in [3.63, 3.8) is 0 Å². The van der Waals surface area contributed by atoms with Gasteiger partial charge in [0.25, 0.3) is 0 Å². The van der Waals surface area contributed by atoms with Crippen LogP contribution in [0.25, 0.3) is 0 Å². The SMILES string of the molecule is Fc1cc(CN2CCCC3(CCCNC3)C2)ccc1Cl. The van der Waals surface area contributed by atoms with Crippen molar-refractivity contribution in [3.8, 4) is 0 Å². The summed E-state index contributed by atoms with van der Waals surface area (Å²) in [4.78, 5) is 2.47. The van der Waals surface area contributed by atoms with Crippen LogP contribution in [0.5, 0.6) is 0 Å².